The number of halogens is 2. The number of allylic oxidation sites excluding steroid dienone is 2. The van der Waals surface area contributed by atoms with Crippen LogP contribution in [-0.2, 0) is 11.2 Å². The van der Waals surface area contributed by atoms with Crippen LogP contribution in [0.1, 0.15) is 75.8 Å². The average Bonchev–Trinajstić information content (AvgIpc) is 2.79. The second kappa shape index (κ2) is 10.7. The smallest absolute Gasteiger partial charge is 0.131 e. The third-order valence-electron chi connectivity index (χ3n) is 7.59. The van der Waals surface area contributed by atoms with E-state index in [0.717, 1.165) is 68.6 Å². The van der Waals surface area contributed by atoms with Gasteiger partial charge in [0, 0.05) is 12.2 Å². The molecule has 2 aliphatic rings. The number of fused-ring (bicyclic) bond motifs is 1. The highest BCUT2D eigenvalue weighted by molar-refractivity contribution is 5.65. The highest BCUT2D eigenvalue weighted by Crippen LogP contribution is 2.47. The fourth-order valence-electron chi connectivity index (χ4n) is 5.91. The Balaban J connectivity index is 1.44. The van der Waals surface area contributed by atoms with Gasteiger partial charge in [-0.25, -0.2) is 8.78 Å². The Morgan fingerprint density at radius 3 is 2.50 bits per heavy atom. The number of hydrogen-bond acceptors (Lipinski definition) is 1. The van der Waals surface area contributed by atoms with Crippen molar-refractivity contribution in [2.75, 3.05) is 6.61 Å². The van der Waals surface area contributed by atoms with Crippen molar-refractivity contribution in [2.24, 2.45) is 11.8 Å². The molecular formula is C29H36F2O. The van der Waals surface area contributed by atoms with E-state index in [9.17, 15) is 4.39 Å². The lowest BCUT2D eigenvalue weighted by molar-refractivity contribution is -0.00968. The van der Waals surface area contributed by atoms with Gasteiger partial charge in [-0.1, -0.05) is 36.4 Å². The minimum absolute atomic E-state index is 0.189. The summed E-state index contributed by atoms with van der Waals surface area (Å²) in [6.07, 6.45) is 13.0. The summed E-state index contributed by atoms with van der Waals surface area (Å²) >= 11 is 0. The molecule has 3 heteroatoms. The van der Waals surface area contributed by atoms with Gasteiger partial charge in [0.25, 0.3) is 0 Å². The van der Waals surface area contributed by atoms with Gasteiger partial charge in [0.2, 0.25) is 0 Å². The maximum atomic E-state index is 15.2. The highest BCUT2D eigenvalue weighted by atomic mass is 19.1. The number of aryl methyl sites for hydroxylation is 1. The van der Waals surface area contributed by atoms with Crippen LogP contribution in [-0.4, -0.2) is 12.7 Å². The zero-order valence-electron chi connectivity index (χ0n) is 19.5. The number of benzene rings is 2. The summed E-state index contributed by atoms with van der Waals surface area (Å²) < 4.78 is 35.8. The number of ether oxygens (including phenoxy) is 1. The van der Waals surface area contributed by atoms with Gasteiger partial charge >= 0.3 is 0 Å². The van der Waals surface area contributed by atoms with Gasteiger partial charge < -0.3 is 4.74 Å². The van der Waals surface area contributed by atoms with E-state index in [4.69, 9.17) is 4.74 Å². The van der Waals surface area contributed by atoms with Crippen molar-refractivity contribution in [2.45, 2.75) is 77.2 Å². The Morgan fingerprint density at radius 1 is 0.938 bits per heavy atom. The summed E-state index contributed by atoms with van der Waals surface area (Å²) in [4.78, 5) is 0. The Kier molecular flexibility index (Phi) is 7.78. The molecule has 0 radical (unpaired) electrons. The fourth-order valence-corrected chi connectivity index (χ4v) is 5.91. The normalized spacial score (nSPS) is 25.8. The van der Waals surface area contributed by atoms with E-state index in [1.165, 1.54) is 12.5 Å². The van der Waals surface area contributed by atoms with Gasteiger partial charge in [0.15, 0.2) is 0 Å². The minimum atomic E-state index is -0.276. The van der Waals surface area contributed by atoms with Gasteiger partial charge in [0.05, 0.1) is 6.10 Å². The van der Waals surface area contributed by atoms with Crippen molar-refractivity contribution >= 4 is 0 Å². The van der Waals surface area contributed by atoms with Crippen LogP contribution < -0.4 is 0 Å². The van der Waals surface area contributed by atoms with E-state index < -0.39 is 0 Å². The van der Waals surface area contributed by atoms with E-state index in [1.807, 2.05) is 31.2 Å². The first-order chi connectivity index (χ1) is 15.6. The van der Waals surface area contributed by atoms with Gasteiger partial charge in [-0.05, 0) is 112 Å². The average molecular weight is 439 g/mol. The molecule has 4 rings (SSSR count). The van der Waals surface area contributed by atoms with E-state index in [2.05, 4.69) is 13.0 Å². The first-order valence-electron chi connectivity index (χ1n) is 12.4. The van der Waals surface area contributed by atoms with Crippen LogP contribution in [0.4, 0.5) is 8.78 Å². The van der Waals surface area contributed by atoms with Gasteiger partial charge in [-0.2, -0.15) is 0 Å². The molecule has 0 heterocycles. The summed E-state index contributed by atoms with van der Waals surface area (Å²) in [5, 5.41) is 0. The van der Waals surface area contributed by atoms with E-state index in [1.54, 1.807) is 12.1 Å². The summed E-state index contributed by atoms with van der Waals surface area (Å²) in [6.45, 7) is 4.85. The Bertz CT molecular complexity index is 935. The van der Waals surface area contributed by atoms with Gasteiger partial charge in [-0.15, -0.1) is 0 Å². The van der Waals surface area contributed by atoms with Crippen LogP contribution in [0.3, 0.4) is 0 Å². The fraction of sp³-hybridized carbons (Fsp3) is 0.517. The topological polar surface area (TPSA) is 9.23 Å². The van der Waals surface area contributed by atoms with Gasteiger partial charge in [-0.3, -0.25) is 0 Å². The van der Waals surface area contributed by atoms with Crippen molar-refractivity contribution in [3.63, 3.8) is 0 Å². The SMILES string of the molecule is C/C=C/CCc1ccc(-c2ccc(C3CCC4CC(OCC)CCC4C3)c(F)c2)c(F)c1. The van der Waals surface area contributed by atoms with Crippen molar-refractivity contribution in [3.05, 3.63) is 71.3 Å². The van der Waals surface area contributed by atoms with Crippen LogP contribution >= 0.6 is 0 Å². The molecular weight excluding hydrogens is 402 g/mol. The van der Waals surface area contributed by atoms with Crippen molar-refractivity contribution in [3.8, 4) is 11.1 Å². The lowest BCUT2D eigenvalue weighted by Crippen LogP contribution is -2.33. The summed E-state index contributed by atoms with van der Waals surface area (Å²) in [7, 11) is 0. The van der Waals surface area contributed by atoms with Crippen molar-refractivity contribution in [1.29, 1.82) is 0 Å². The molecule has 4 unspecified atom stereocenters. The molecule has 0 spiro atoms. The molecule has 0 aliphatic heterocycles. The lowest BCUT2D eigenvalue weighted by atomic mass is 9.65. The van der Waals surface area contributed by atoms with Crippen molar-refractivity contribution in [1.82, 2.24) is 0 Å². The lowest BCUT2D eigenvalue weighted by Gasteiger charge is -2.42. The highest BCUT2D eigenvalue weighted by Gasteiger charge is 2.36. The second-order valence-corrected chi connectivity index (χ2v) is 9.58. The van der Waals surface area contributed by atoms with E-state index in [-0.39, 0.29) is 17.6 Å². The second-order valence-electron chi connectivity index (χ2n) is 9.58. The van der Waals surface area contributed by atoms with E-state index in [0.29, 0.717) is 23.1 Å². The molecule has 0 bridgehead atoms. The molecule has 1 nitrogen and oxygen atoms in total. The summed E-state index contributed by atoms with van der Waals surface area (Å²) in [6, 6.07) is 10.7. The molecule has 2 aromatic rings. The molecule has 32 heavy (non-hydrogen) atoms. The minimum Gasteiger partial charge on any atom is -0.378 e. The Morgan fingerprint density at radius 2 is 1.75 bits per heavy atom. The third kappa shape index (κ3) is 5.31. The monoisotopic (exact) mass is 438 g/mol. The van der Waals surface area contributed by atoms with Crippen LogP contribution in [0.25, 0.3) is 11.1 Å². The Hall–Kier alpha value is -2.00. The van der Waals surface area contributed by atoms with Crippen LogP contribution in [0, 0.1) is 23.5 Å². The third-order valence-corrected chi connectivity index (χ3v) is 7.59. The van der Waals surface area contributed by atoms with E-state index >= 15 is 4.39 Å². The van der Waals surface area contributed by atoms with Crippen LogP contribution in [0.2, 0.25) is 0 Å². The largest absolute Gasteiger partial charge is 0.378 e. The maximum Gasteiger partial charge on any atom is 0.131 e. The zero-order chi connectivity index (χ0) is 22.5. The molecule has 0 aromatic heterocycles. The molecule has 2 aromatic carbocycles. The molecule has 0 amide bonds. The number of rotatable bonds is 7. The molecule has 2 aliphatic carbocycles. The van der Waals surface area contributed by atoms with Crippen LogP contribution in [0.15, 0.2) is 48.6 Å². The Labute approximate surface area is 191 Å². The van der Waals surface area contributed by atoms with Crippen molar-refractivity contribution < 1.29 is 13.5 Å². The molecule has 4 atom stereocenters. The zero-order valence-corrected chi connectivity index (χ0v) is 19.5. The molecule has 172 valence electrons. The molecule has 2 saturated carbocycles. The number of hydrogen-bond donors (Lipinski definition) is 0. The quantitative estimate of drug-likeness (QED) is 0.396. The van der Waals surface area contributed by atoms with Gasteiger partial charge in [0.1, 0.15) is 11.6 Å². The molecule has 2 fully saturated rings. The summed E-state index contributed by atoms with van der Waals surface area (Å²) in [5.41, 5.74) is 2.87. The first-order valence-corrected chi connectivity index (χ1v) is 12.4. The molecule has 0 saturated heterocycles. The predicted octanol–water partition coefficient (Wildman–Crippen LogP) is 8.23. The first kappa shape index (κ1) is 23.2. The maximum absolute atomic E-state index is 15.2. The summed E-state index contributed by atoms with van der Waals surface area (Å²) in [5.74, 6) is 1.20. The van der Waals surface area contributed by atoms with Crippen LogP contribution in [0.5, 0.6) is 0 Å². The molecule has 0 N–H and O–H groups in total. The predicted molar refractivity (Wildman–Crippen MR) is 128 cm³/mol. The standard InChI is InChI=1S/C29H36F2O/c1-3-5-6-7-20-8-14-26(28(30)16-20)24-12-15-27(29(31)19-24)23-10-9-22-18-25(32-4-2)13-11-21(22)17-23/h3,5,8,12,14-16,19,21-23,25H,4,6-7,9-11,13,17-18H2,1-2H3/b5-3+.